The van der Waals surface area contributed by atoms with Gasteiger partial charge in [0.25, 0.3) is 0 Å². The second-order valence-electron chi connectivity index (χ2n) is 7.37. The second kappa shape index (κ2) is 7.97. The second-order valence-corrected chi connectivity index (χ2v) is 11.6. The molecule has 2 aromatic rings. The van der Waals surface area contributed by atoms with Crippen molar-refractivity contribution in [3.8, 4) is 0 Å². The Balaban J connectivity index is 1.89. The molecule has 2 unspecified atom stereocenters. The van der Waals surface area contributed by atoms with Gasteiger partial charge in [0.05, 0.1) is 26.7 Å². The largest absolute Gasteiger partial charge is 0.416 e. The van der Waals surface area contributed by atoms with Crippen molar-refractivity contribution >= 4 is 19.7 Å². The van der Waals surface area contributed by atoms with Crippen LogP contribution >= 0.6 is 0 Å². The van der Waals surface area contributed by atoms with Crippen LogP contribution in [0, 0.1) is 6.92 Å². The van der Waals surface area contributed by atoms with Crippen molar-refractivity contribution < 1.29 is 34.7 Å². The van der Waals surface area contributed by atoms with E-state index in [9.17, 15) is 30.0 Å². The van der Waals surface area contributed by atoms with Crippen molar-refractivity contribution in [3.05, 3.63) is 59.2 Å². The van der Waals surface area contributed by atoms with Gasteiger partial charge in [-0.05, 0) is 61.2 Å². The average molecular weight is 463 g/mol. The fourth-order valence-corrected chi connectivity index (χ4v) is 6.03. The number of rotatable bonds is 4. The van der Waals surface area contributed by atoms with Gasteiger partial charge in [0.2, 0.25) is 0 Å². The minimum absolute atomic E-state index is 0.0671. The molecular weight excluding hydrogens is 441 g/mol. The minimum atomic E-state index is -4.64. The molecule has 0 spiro atoms. The highest BCUT2D eigenvalue weighted by Crippen LogP contribution is 2.37. The van der Waals surface area contributed by atoms with Crippen LogP contribution in [0.15, 0.2) is 52.3 Å². The van der Waals surface area contributed by atoms with Crippen molar-refractivity contribution in [1.29, 1.82) is 0 Å². The van der Waals surface area contributed by atoms with Crippen LogP contribution in [-0.4, -0.2) is 34.9 Å². The molecule has 30 heavy (non-hydrogen) atoms. The highest BCUT2D eigenvalue weighted by molar-refractivity contribution is 7.92. The summed E-state index contributed by atoms with van der Waals surface area (Å²) in [5.41, 5.74) is 0.283. The monoisotopic (exact) mass is 462 g/mol. The normalized spacial score (nSPS) is 20.8. The van der Waals surface area contributed by atoms with Crippen molar-refractivity contribution in [2.45, 2.75) is 47.1 Å². The molecule has 2 atom stereocenters. The third kappa shape index (κ3) is 4.70. The maximum absolute atomic E-state index is 13.0. The molecule has 0 amide bonds. The van der Waals surface area contributed by atoms with E-state index in [0.717, 1.165) is 18.4 Å². The number of hydrogen-bond donors (Lipinski definition) is 0. The van der Waals surface area contributed by atoms with Crippen LogP contribution in [0.4, 0.5) is 13.2 Å². The Morgan fingerprint density at radius 2 is 1.70 bits per heavy atom. The molecule has 5 nitrogen and oxygen atoms in total. The number of hydrogen-bond acceptors (Lipinski definition) is 5. The van der Waals surface area contributed by atoms with Gasteiger partial charge in [0.15, 0.2) is 19.7 Å². The van der Waals surface area contributed by atoms with E-state index in [-0.39, 0.29) is 29.2 Å². The van der Waals surface area contributed by atoms with Gasteiger partial charge in [-0.15, -0.1) is 0 Å². The molecule has 0 aromatic heterocycles. The highest BCUT2D eigenvalue weighted by Gasteiger charge is 2.37. The number of aryl methyl sites for hydroxylation is 1. The summed E-state index contributed by atoms with van der Waals surface area (Å²) in [7, 11) is -7.39. The molecule has 1 fully saturated rings. The van der Waals surface area contributed by atoms with E-state index < -0.39 is 42.8 Å². The Morgan fingerprint density at radius 1 is 1.00 bits per heavy atom. The Labute approximate surface area is 173 Å². The molecule has 1 aliphatic rings. The van der Waals surface area contributed by atoms with Crippen LogP contribution in [0.2, 0.25) is 0 Å². The first-order chi connectivity index (χ1) is 13.8. The van der Waals surface area contributed by atoms with Crippen LogP contribution in [0.25, 0.3) is 0 Å². The molecule has 0 bridgehead atoms. The fourth-order valence-electron chi connectivity index (χ4n) is 3.55. The van der Waals surface area contributed by atoms with Crippen molar-refractivity contribution in [2.24, 2.45) is 0 Å². The Kier molecular flexibility index (Phi) is 6.05. The lowest BCUT2D eigenvalue weighted by Crippen LogP contribution is -2.31. The molecule has 0 aliphatic carbocycles. The number of benzene rings is 2. The molecular formula is C20H21F3O5S2. The summed E-state index contributed by atoms with van der Waals surface area (Å²) in [6.45, 7) is 1.83. The smallest absolute Gasteiger partial charge is 0.373 e. The Hall–Kier alpha value is -1.91. The third-order valence-electron chi connectivity index (χ3n) is 5.18. The molecule has 2 aromatic carbocycles. The summed E-state index contributed by atoms with van der Waals surface area (Å²) in [6.07, 6.45) is -3.91. The average Bonchev–Trinajstić information content (AvgIpc) is 2.67. The van der Waals surface area contributed by atoms with Gasteiger partial charge < -0.3 is 4.74 Å². The molecule has 3 rings (SSSR count). The number of ether oxygens (including phenoxy) is 1. The Bertz CT molecular complexity index is 1160. The predicted molar refractivity (Wildman–Crippen MR) is 105 cm³/mol. The molecule has 1 heterocycles. The molecule has 1 aliphatic heterocycles. The zero-order valence-electron chi connectivity index (χ0n) is 16.3. The lowest BCUT2D eigenvalue weighted by Gasteiger charge is -2.30. The van der Waals surface area contributed by atoms with Gasteiger partial charge in [0.1, 0.15) is 0 Å². The van der Waals surface area contributed by atoms with E-state index in [0.29, 0.717) is 17.2 Å². The predicted octanol–water partition coefficient (Wildman–Crippen LogP) is 4.11. The quantitative estimate of drug-likeness (QED) is 0.683. The summed E-state index contributed by atoms with van der Waals surface area (Å²) in [4.78, 5) is -0.222. The van der Waals surface area contributed by atoms with E-state index in [1.54, 1.807) is 13.0 Å². The standard InChI is InChI=1S/C20H21F3O5S2/c1-13-10-15(29(2,24)25)6-7-18(13)19-12-17(8-9-28-19)30(26,27)16-5-3-4-14(11-16)20(21,22)23/h3-7,10-11,17,19H,8-9,12H2,1-2H3. The van der Waals surface area contributed by atoms with Crippen LogP contribution < -0.4 is 0 Å². The van der Waals surface area contributed by atoms with E-state index in [1.807, 2.05) is 0 Å². The first-order valence-corrected chi connectivity index (χ1v) is 12.6. The minimum Gasteiger partial charge on any atom is -0.373 e. The van der Waals surface area contributed by atoms with Gasteiger partial charge in [-0.1, -0.05) is 12.1 Å². The van der Waals surface area contributed by atoms with Crippen molar-refractivity contribution in [1.82, 2.24) is 0 Å². The van der Waals surface area contributed by atoms with Gasteiger partial charge in [0, 0.05) is 12.9 Å². The Morgan fingerprint density at radius 3 is 2.30 bits per heavy atom. The maximum atomic E-state index is 13.0. The van der Waals surface area contributed by atoms with Crippen molar-refractivity contribution in [3.63, 3.8) is 0 Å². The summed E-state index contributed by atoms with van der Waals surface area (Å²) in [6, 6.07) is 8.27. The van der Waals surface area contributed by atoms with Crippen LogP contribution in [0.3, 0.4) is 0 Å². The zero-order chi connectivity index (χ0) is 22.3. The molecule has 10 heteroatoms. The first-order valence-electron chi connectivity index (χ1n) is 9.13. The van der Waals surface area contributed by atoms with Gasteiger partial charge in [-0.2, -0.15) is 13.2 Å². The van der Waals surface area contributed by atoms with Crippen LogP contribution in [-0.2, 0) is 30.6 Å². The summed E-state index contributed by atoms with van der Waals surface area (Å²) < 4.78 is 94.1. The molecule has 0 N–H and O–H groups in total. The highest BCUT2D eigenvalue weighted by atomic mass is 32.2. The molecule has 0 saturated carbocycles. The van der Waals surface area contributed by atoms with E-state index >= 15 is 0 Å². The zero-order valence-corrected chi connectivity index (χ0v) is 17.9. The van der Waals surface area contributed by atoms with Crippen LogP contribution in [0.5, 0.6) is 0 Å². The lowest BCUT2D eigenvalue weighted by molar-refractivity contribution is -0.137. The SMILES string of the molecule is Cc1cc(S(C)(=O)=O)ccc1C1CC(S(=O)(=O)c2cccc(C(F)(F)F)c2)CCO1. The third-order valence-corrected chi connectivity index (χ3v) is 8.51. The summed E-state index contributed by atoms with van der Waals surface area (Å²) >= 11 is 0. The van der Waals surface area contributed by atoms with E-state index in [2.05, 4.69) is 0 Å². The van der Waals surface area contributed by atoms with E-state index in [1.165, 1.54) is 18.2 Å². The maximum Gasteiger partial charge on any atom is 0.416 e. The molecule has 0 radical (unpaired) electrons. The van der Waals surface area contributed by atoms with Crippen LogP contribution in [0.1, 0.15) is 35.6 Å². The topological polar surface area (TPSA) is 77.5 Å². The fraction of sp³-hybridized carbons (Fsp3) is 0.400. The number of halogens is 3. The lowest BCUT2D eigenvalue weighted by atomic mass is 9.97. The summed E-state index contributed by atoms with van der Waals surface area (Å²) in [5, 5.41) is -0.909. The number of alkyl halides is 3. The van der Waals surface area contributed by atoms with E-state index in [4.69, 9.17) is 4.74 Å². The molecule has 164 valence electrons. The van der Waals surface area contributed by atoms with Gasteiger partial charge in [-0.25, -0.2) is 16.8 Å². The molecule has 1 saturated heterocycles. The number of sulfone groups is 2. The summed E-state index contributed by atoms with van der Waals surface area (Å²) in [5.74, 6) is 0. The first kappa shape index (κ1) is 22.8. The van der Waals surface area contributed by atoms with Gasteiger partial charge >= 0.3 is 6.18 Å². The van der Waals surface area contributed by atoms with Crippen molar-refractivity contribution in [2.75, 3.05) is 12.9 Å². The van der Waals surface area contributed by atoms with Gasteiger partial charge in [-0.3, -0.25) is 0 Å².